The van der Waals surface area contributed by atoms with Crippen molar-refractivity contribution in [3.05, 3.63) is 75.3 Å². The van der Waals surface area contributed by atoms with Gasteiger partial charge >= 0.3 is 0 Å². The number of rotatable bonds is 6. The molecule has 1 nitrogen and oxygen atoms in total. The Kier molecular flexibility index (Phi) is 6.51. The van der Waals surface area contributed by atoms with E-state index in [9.17, 15) is 0 Å². The molecular formula is C21H25Cl2N. The van der Waals surface area contributed by atoms with Crippen LogP contribution in [0.15, 0.2) is 48.5 Å². The quantitative estimate of drug-likeness (QED) is 0.562. The molecule has 2 aromatic carbocycles. The number of benzene rings is 2. The molecule has 1 unspecified atom stereocenters. The molecular weight excluding hydrogens is 337 g/mol. The number of halogens is 2. The van der Waals surface area contributed by atoms with Gasteiger partial charge in [0, 0.05) is 5.54 Å². The Bertz CT molecular complexity index is 704. The van der Waals surface area contributed by atoms with Crippen molar-refractivity contribution < 1.29 is 0 Å². The van der Waals surface area contributed by atoms with Crippen LogP contribution in [0.1, 0.15) is 36.5 Å². The molecule has 128 valence electrons. The normalized spacial score (nSPS) is 14.3. The van der Waals surface area contributed by atoms with Crippen LogP contribution in [0.3, 0.4) is 0 Å². The largest absolute Gasteiger partial charge is 0.299 e. The van der Waals surface area contributed by atoms with E-state index in [0.29, 0.717) is 10.0 Å². The van der Waals surface area contributed by atoms with E-state index in [1.54, 1.807) is 0 Å². The highest BCUT2D eigenvalue weighted by Crippen LogP contribution is 2.35. The maximum Gasteiger partial charge on any atom is 0.0598 e. The predicted octanol–water partition coefficient (Wildman–Crippen LogP) is 6.57. The molecule has 0 aliphatic heterocycles. The highest BCUT2D eigenvalue weighted by Gasteiger charge is 2.31. The van der Waals surface area contributed by atoms with Crippen molar-refractivity contribution in [2.75, 3.05) is 14.1 Å². The zero-order valence-corrected chi connectivity index (χ0v) is 16.3. The van der Waals surface area contributed by atoms with Gasteiger partial charge in [0.2, 0.25) is 0 Å². The van der Waals surface area contributed by atoms with Crippen LogP contribution < -0.4 is 0 Å². The molecule has 0 bridgehead atoms. The zero-order valence-electron chi connectivity index (χ0n) is 14.8. The lowest BCUT2D eigenvalue weighted by molar-refractivity contribution is 0.148. The summed E-state index contributed by atoms with van der Waals surface area (Å²) < 4.78 is 0. The molecule has 0 aliphatic carbocycles. The van der Waals surface area contributed by atoms with Gasteiger partial charge in [0.05, 0.1) is 10.0 Å². The smallest absolute Gasteiger partial charge is 0.0598 e. The van der Waals surface area contributed by atoms with E-state index in [4.69, 9.17) is 23.2 Å². The highest BCUT2D eigenvalue weighted by atomic mass is 35.5. The van der Waals surface area contributed by atoms with Gasteiger partial charge in [-0.15, -0.1) is 0 Å². The summed E-state index contributed by atoms with van der Waals surface area (Å²) in [5.74, 6) is 0. The van der Waals surface area contributed by atoms with Crippen LogP contribution in [0.4, 0.5) is 0 Å². The molecule has 2 aromatic rings. The molecule has 0 saturated carbocycles. The van der Waals surface area contributed by atoms with E-state index in [1.165, 1.54) is 11.1 Å². The maximum absolute atomic E-state index is 6.10. The van der Waals surface area contributed by atoms with Gasteiger partial charge in [-0.2, -0.15) is 0 Å². The highest BCUT2D eigenvalue weighted by molar-refractivity contribution is 6.42. The van der Waals surface area contributed by atoms with Crippen molar-refractivity contribution in [1.82, 2.24) is 4.90 Å². The van der Waals surface area contributed by atoms with Gasteiger partial charge in [0.25, 0.3) is 0 Å². The van der Waals surface area contributed by atoms with Crippen molar-refractivity contribution >= 4 is 29.3 Å². The molecule has 2 rings (SSSR count). The summed E-state index contributed by atoms with van der Waals surface area (Å²) in [5.41, 5.74) is 3.69. The van der Waals surface area contributed by atoms with Crippen molar-refractivity contribution in [3.8, 4) is 0 Å². The van der Waals surface area contributed by atoms with Crippen LogP contribution >= 0.6 is 23.2 Å². The number of hydrogen-bond acceptors (Lipinski definition) is 1. The second-order valence-electron chi connectivity index (χ2n) is 6.43. The molecule has 1 atom stereocenters. The van der Waals surface area contributed by atoms with Crippen LogP contribution in [0, 0.1) is 6.92 Å². The molecule has 0 heterocycles. The van der Waals surface area contributed by atoms with Gasteiger partial charge < -0.3 is 0 Å². The van der Waals surface area contributed by atoms with E-state index in [0.717, 1.165) is 18.4 Å². The van der Waals surface area contributed by atoms with E-state index >= 15 is 0 Å². The monoisotopic (exact) mass is 361 g/mol. The molecule has 24 heavy (non-hydrogen) atoms. The summed E-state index contributed by atoms with van der Waals surface area (Å²) >= 11 is 12.1. The van der Waals surface area contributed by atoms with Crippen LogP contribution in [0.25, 0.3) is 6.08 Å². The first-order chi connectivity index (χ1) is 11.4. The third kappa shape index (κ3) is 4.22. The average Bonchev–Trinajstić information content (AvgIpc) is 2.56. The second kappa shape index (κ2) is 8.20. The third-order valence-corrected chi connectivity index (χ3v) is 5.48. The molecule has 0 aliphatic rings. The zero-order chi connectivity index (χ0) is 17.7. The minimum atomic E-state index is -0.0135. The number of hydrogen-bond donors (Lipinski definition) is 0. The fourth-order valence-corrected chi connectivity index (χ4v) is 3.40. The lowest BCUT2D eigenvalue weighted by atomic mass is 9.82. The topological polar surface area (TPSA) is 3.24 Å². The summed E-state index contributed by atoms with van der Waals surface area (Å²) in [6.45, 7) is 4.37. The van der Waals surface area contributed by atoms with Gasteiger partial charge in [-0.05, 0) is 57.1 Å². The lowest BCUT2D eigenvalue weighted by Gasteiger charge is -2.39. The predicted molar refractivity (Wildman–Crippen MR) is 107 cm³/mol. The first-order valence-electron chi connectivity index (χ1n) is 8.25. The molecule has 0 spiro atoms. The Hall–Kier alpha value is -1.28. The van der Waals surface area contributed by atoms with E-state index in [-0.39, 0.29) is 5.54 Å². The Morgan fingerprint density at radius 3 is 2.21 bits per heavy atom. The van der Waals surface area contributed by atoms with E-state index < -0.39 is 0 Å². The number of aryl methyl sites for hydroxylation is 1. The number of nitrogens with zero attached hydrogens (tertiary/aromatic N) is 1. The Balaban J connectivity index is 2.27. The molecule has 0 aromatic heterocycles. The SMILES string of the molecule is CCC(C/C=C/c1ccc(Cl)c(Cl)c1)(c1ccc(C)cc1)N(C)C. The van der Waals surface area contributed by atoms with Gasteiger partial charge in [-0.25, -0.2) is 0 Å². The molecule has 0 amide bonds. The van der Waals surface area contributed by atoms with Crippen LogP contribution in [0.2, 0.25) is 10.0 Å². The van der Waals surface area contributed by atoms with E-state index in [2.05, 4.69) is 69.3 Å². The summed E-state index contributed by atoms with van der Waals surface area (Å²) in [6.07, 6.45) is 6.31. The molecule has 0 fully saturated rings. The summed E-state index contributed by atoms with van der Waals surface area (Å²) in [5, 5.41) is 1.18. The molecule has 0 saturated heterocycles. The minimum Gasteiger partial charge on any atom is -0.299 e. The van der Waals surface area contributed by atoms with E-state index in [1.807, 2.05) is 18.2 Å². The summed E-state index contributed by atoms with van der Waals surface area (Å²) in [7, 11) is 4.30. The summed E-state index contributed by atoms with van der Waals surface area (Å²) in [6, 6.07) is 14.6. The average molecular weight is 362 g/mol. The Morgan fingerprint density at radius 2 is 1.67 bits per heavy atom. The standard InChI is InChI=1S/C21H25Cl2N/c1-5-21(24(3)4,18-11-8-16(2)9-12-18)14-6-7-17-10-13-19(22)20(23)15-17/h6-13,15H,5,14H2,1-4H3/b7-6+. The first-order valence-corrected chi connectivity index (χ1v) is 9.01. The molecule has 0 radical (unpaired) electrons. The van der Waals surface area contributed by atoms with Gasteiger partial charge in [0.1, 0.15) is 0 Å². The van der Waals surface area contributed by atoms with Crippen molar-refractivity contribution in [3.63, 3.8) is 0 Å². The van der Waals surface area contributed by atoms with Crippen LogP contribution in [-0.4, -0.2) is 19.0 Å². The first kappa shape index (κ1) is 19.1. The van der Waals surface area contributed by atoms with Gasteiger partial charge in [-0.1, -0.05) is 78.2 Å². The fraction of sp³-hybridized carbons (Fsp3) is 0.333. The van der Waals surface area contributed by atoms with Crippen molar-refractivity contribution in [2.45, 2.75) is 32.2 Å². The van der Waals surface area contributed by atoms with Crippen molar-refractivity contribution in [1.29, 1.82) is 0 Å². The van der Waals surface area contributed by atoms with Crippen molar-refractivity contribution in [2.24, 2.45) is 0 Å². The fourth-order valence-electron chi connectivity index (χ4n) is 3.09. The third-order valence-electron chi connectivity index (χ3n) is 4.74. The van der Waals surface area contributed by atoms with Crippen LogP contribution in [-0.2, 0) is 5.54 Å². The molecule has 3 heteroatoms. The second-order valence-corrected chi connectivity index (χ2v) is 7.24. The summed E-state index contributed by atoms with van der Waals surface area (Å²) in [4.78, 5) is 2.32. The maximum atomic E-state index is 6.10. The Labute approximate surface area is 155 Å². The minimum absolute atomic E-state index is 0.0135. The van der Waals surface area contributed by atoms with Gasteiger partial charge in [-0.3, -0.25) is 4.90 Å². The van der Waals surface area contributed by atoms with Gasteiger partial charge in [0.15, 0.2) is 0 Å². The lowest BCUT2D eigenvalue weighted by Crippen LogP contribution is -2.40. The van der Waals surface area contributed by atoms with Crippen LogP contribution in [0.5, 0.6) is 0 Å². The Morgan fingerprint density at radius 1 is 1.00 bits per heavy atom. The molecule has 0 N–H and O–H groups in total.